The zero-order chi connectivity index (χ0) is 17.1. The van der Waals surface area contributed by atoms with Gasteiger partial charge in [-0.2, -0.15) is 10.2 Å². The average molecular weight is 340 g/mol. The Hall–Kier alpha value is -3.03. The van der Waals surface area contributed by atoms with Crippen molar-refractivity contribution in [3.05, 3.63) is 47.3 Å². The smallest absolute Gasteiger partial charge is 0.148 e. The highest BCUT2D eigenvalue weighted by Gasteiger charge is 2.34. The summed E-state index contributed by atoms with van der Waals surface area (Å²) in [5, 5.41) is 11.6. The second kappa shape index (κ2) is 4.98. The van der Waals surface area contributed by atoms with Gasteiger partial charge in [0.05, 0.1) is 28.7 Å². The zero-order valence-electron chi connectivity index (χ0n) is 13.4. The summed E-state index contributed by atoms with van der Waals surface area (Å²) in [5.74, 6) is -0.236. The molecule has 0 fully saturated rings. The maximum Gasteiger partial charge on any atom is 0.148 e. The Balaban J connectivity index is 1.87. The summed E-state index contributed by atoms with van der Waals surface area (Å²) in [6.45, 7) is 3.18. The van der Waals surface area contributed by atoms with Crippen molar-refractivity contribution in [2.24, 2.45) is 4.99 Å². The van der Waals surface area contributed by atoms with Crippen LogP contribution in [0.1, 0.15) is 17.7 Å². The molecule has 0 saturated carbocycles. The van der Waals surface area contributed by atoms with Crippen LogP contribution < -0.4 is 4.90 Å². The summed E-state index contributed by atoms with van der Waals surface area (Å²) in [7, 11) is 0. The Kier molecular flexibility index (Phi) is 2.85. The van der Waals surface area contributed by atoms with Crippen molar-refractivity contribution in [2.75, 3.05) is 11.4 Å². The van der Waals surface area contributed by atoms with Crippen molar-refractivity contribution in [2.45, 2.75) is 19.9 Å². The number of nitrogens with zero attached hydrogens (tertiary/aromatic N) is 5. The van der Waals surface area contributed by atoms with E-state index in [1.54, 1.807) is 6.20 Å². The highest BCUT2D eigenvalue weighted by molar-refractivity contribution is 6.14. The van der Waals surface area contributed by atoms with Crippen LogP contribution in [-0.2, 0) is 6.54 Å². The number of H-pyrrole nitrogens is 1. The lowest BCUT2D eigenvalue weighted by Gasteiger charge is -2.30. The fourth-order valence-corrected chi connectivity index (χ4v) is 3.51. The van der Waals surface area contributed by atoms with E-state index in [0.29, 0.717) is 17.9 Å². The molecule has 2 aliphatic rings. The van der Waals surface area contributed by atoms with Crippen molar-refractivity contribution in [1.29, 1.82) is 0 Å². The van der Waals surface area contributed by atoms with E-state index in [9.17, 15) is 8.78 Å². The number of anilines is 1. The van der Waals surface area contributed by atoms with Crippen LogP contribution in [0.25, 0.3) is 11.3 Å². The van der Waals surface area contributed by atoms with Crippen LogP contribution >= 0.6 is 0 Å². The van der Waals surface area contributed by atoms with Gasteiger partial charge in [0, 0.05) is 13.1 Å². The minimum Gasteiger partial charge on any atom is -0.310 e. The Bertz CT molecular complexity index is 1010. The SMILES string of the molecule is Cc1n[nH]c2c1N=C(c1c(F)cccc1F)N1CCCn3ncc-2c31. The van der Waals surface area contributed by atoms with Gasteiger partial charge in [-0.1, -0.05) is 6.07 Å². The molecule has 25 heavy (non-hydrogen) atoms. The molecule has 0 bridgehead atoms. The van der Waals surface area contributed by atoms with Gasteiger partial charge in [-0.25, -0.2) is 18.5 Å². The lowest BCUT2D eigenvalue weighted by molar-refractivity contribution is 0.543. The Labute approximate surface area is 141 Å². The van der Waals surface area contributed by atoms with Gasteiger partial charge >= 0.3 is 0 Å². The van der Waals surface area contributed by atoms with Crippen LogP contribution in [-0.4, -0.2) is 32.4 Å². The van der Waals surface area contributed by atoms with Gasteiger partial charge in [0.25, 0.3) is 0 Å². The van der Waals surface area contributed by atoms with Crippen molar-refractivity contribution < 1.29 is 8.78 Å². The van der Waals surface area contributed by atoms with Gasteiger partial charge in [-0.05, 0) is 25.5 Å². The number of halogens is 2. The molecule has 0 atom stereocenters. The molecule has 6 nitrogen and oxygen atoms in total. The normalized spacial score (nSPS) is 15.5. The largest absolute Gasteiger partial charge is 0.310 e. The maximum absolute atomic E-state index is 14.5. The minimum atomic E-state index is -0.637. The predicted octanol–water partition coefficient (Wildman–Crippen LogP) is 3.16. The molecule has 0 spiro atoms. The van der Waals surface area contributed by atoms with Gasteiger partial charge in [0.1, 0.15) is 29.0 Å². The van der Waals surface area contributed by atoms with E-state index in [1.807, 2.05) is 16.5 Å². The summed E-state index contributed by atoms with van der Waals surface area (Å²) < 4.78 is 30.9. The molecule has 0 aliphatic carbocycles. The number of benzene rings is 1. The summed E-state index contributed by atoms with van der Waals surface area (Å²) in [5.41, 5.74) is 2.69. The first-order chi connectivity index (χ1) is 12.1. The number of rotatable bonds is 1. The maximum atomic E-state index is 14.5. The van der Waals surface area contributed by atoms with Gasteiger partial charge < -0.3 is 4.90 Å². The summed E-state index contributed by atoms with van der Waals surface area (Å²) >= 11 is 0. The van der Waals surface area contributed by atoms with Crippen molar-refractivity contribution in [1.82, 2.24) is 20.0 Å². The van der Waals surface area contributed by atoms with E-state index >= 15 is 0 Å². The molecule has 2 aromatic heterocycles. The lowest BCUT2D eigenvalue weighted by atomic mass is 10.1. The third-order valence-corrected chi connectivity index (χ3v) is 4.66. The van der Waals surface area contributed by atoms with E-state index in [0.717, 1.165) is 30.0 Å². The molecule has 0 unspecified atom stereocenters. The zero-order valence-corrected chi connectivity index (χ0v) is 13.4. The molecule has 0 radical (unpaired) electrons. The number of hydrogen-bond acceptors (Lipinski definition) is 4. The van der Waals surface area contributed by atoms with E-state index in [2.05, 4.69) is 20.3 Å². The number of nitrogens with one attached hydrogen (secondary N) is 1. The molecule has 4 heterocycles. The second-order valence-electron chi connectivity index (χ2n) is 6.17. The van der Waals surface area contributed by atoms with Crippen molar-refractivity contribution in [3.8, 4) is 11.3 Å². The molecule has 8 heteroatoms. The first kappa shape index (κ1) is 14.3. The van der Waals surface area contributed by atoms with E-state index < -0.39 is 11.6 Å². The van der Waals surface area contributed by atoms with Gasteiger partial charge in [0.15, 0.2) is 0 Å². The molecule has 1 N–H and O–H groups in total. The summed E-state index contributed by atoms with van der Waals surface area (Å²) in [6.07, 6.45) is 2.56. The fraction of sp³-hybridized carbons (Fsp3) is 0.235. The number of fused-ring (bicyclic) bond motifs is 2. The fourth-order valence-electron chi connectivity index (χ4n) is 3.51. The number of aromatic amines is 1. The van der Waals surface area contributed by atoms with Crippen LogP contribution in [0.3, 0.4) is 0 Å². The Morgan fingerprint density at radius 1 is 1.16 bits per heavy atom. The van der Waals surface area contributed by atoms with Crippen LogP contribution in [0.4, 0.5) is 20.3 Å². The van der Waals surface area contributed by atoms with Gasteiger partial charge in [0.2, 0.25) is 0 Å². The standard InChI is InChI=1S/C17H14F2N6/c1-9-14-15(23-22-9)10-8-20-25-7-3-6-24(17(10)25)16(21-14)13-11(18)4-2-5-12(13)19/h2,4-5,8H,3,6-7H2,1H3,(H,22,23). The van der Waals surface area contributed by atoms with Crippen LogP contribution in [0.5, 0.6) is 0 Å². The van der Waals surface area contributed by atoms with Crippen LogP contribution in [0.2, 0.25) is 0 Å². The molecule has 0 amide bonds. The molecule has 126 valence electrons. The van der Waals surface area contributed by atoms with E-state index in [-0.39, 0.29) is 11.4 Å². The molecular weight excluding hydrogens is 326 g/mol. The number of hydrogen-bond donors (Lipinski definition) is 1. The van der Waals surface area contributed by atoms with E-state index in [4.69, 9.17) is 0 Å². The number of aryl methyl sites for hydroxylation is 2. The van der Waals surface area contributed by atoms with Gasteiger partial charge in [-0.15, -0.1) is 0 Å². The number of aliphatic imine (C=N–C) groups is 1. The minimum absolute atomic E-state index is 0.128. The van der Waals surface area contributed by atoms with Gasteiger partial charge in [-0.3, -0.25) is 5.10 Å². The second-order valence-corrected chi connectivity index (χ2v) is 6.17. The topological polar surface area (TPSA) is 62.1 Å². The Morgan fingerprint density at radius 3 is 2.76 bits per heavy atom. The van der Waals surface area contributed by atoms with E-state index in [1.165, 1.54) is 18.2 Å². The van der Waals surface area contributed by atoms with Crippen molar-refractivity contribution >= 4 is 17.3 Å². The molecule has 2 aliphatic heterocycles. The third-order valence-electron chi connectivity index (χ3n) is 4.66. The van der Waals surface area contributed by atoms with Crippen LogP contribution in [0.15, 0.2) is 29.4 Å². The summed E-state index contributed by atoms with van der Waals surface area (Å²) in [6, 6.07) is 3.85. The third kappa shape index (κ3) is 1.90. The average Bonchev–Trinajstić information content (AvgIpc) is 3.13. The molecule has 3 aromatic rings. The van der Waals surface area contributed by atoms with Crippen molar-refractivity contribution in [3.63, 3.8) is 0 Å². The quantitative estimate of drug-likeness (QED) is 0.740. The molecule has 1 aromatic carbocycles. The highest BCUT2D eigenvalue weighted by Crippen LogP contribution is 2.42. The Morgan fingerprint density at radius 2 is 1.96 bits per heavy atom. The number of amidine groups is 1. The molecular formula is C17H14F2N6. The number of aromatic nitrogens is 4. The summed E-state index contributed by atoms with van der Waals surface area (Å²) in [4.78, 5) is 6.48. The first-order valence-electron chi connectivity index (χ1n) is 8.07. The molecule has 5 rings (SSSR count). The van der Waals surface area contributed by atoms with Crippen LogP contribution in [0, 0.1) is 18.6 Å². The lowest BCUT2D eigenvalue weighted by Crippen LogP contribution is -2.39. The molecule has 0 saturated heterocycles. The predicted molar refractivity (Wildman–Crippen MR) is 89.1 cm³/mol. The first-order valence-corrected chi connectivity index (χ1v) is 8.07. The highest BCUT2D eigenvalue weighted by atomic mass is 19.1. The monoisotopic (exact) mass is 340 g/mol.